The lowest BCUT2D eigenvalue weighted by molar-refractivity contribution is 0.334. The summed E-state index contributed by atoms with van der Waals surface area (Å²) in [6.45, 7) is 9.87. The summed E-state index contributed by atoms with van der Waals surface area (Å²) in [5.74, 6) is 0. The van der Waals surface area contributed by atoms with Gasteiger partial charge in [0.1, 0.15) is 0 Å². The second kappa shape index (κ2) is 5.91. The normalized spacial score (nSPS) is 23.5. The van der Waals surface area contributed by atoms with Gasteiger partial charge >= 0.3 is 0 Å². The van der Waals surface area contributed by atoms with Gasteiger partial charge in [-0.25, -0.2) is 0 Å². The Bertz CT molecular complexity index is 107. The highest BCUT2D eigenvalue weighted by Crippen LogP contribution is 2.14. The molecule has 74 valence electrons. The van der Waals surface area contributed by atoms with Crippen molar-refractivity contribution in [2.24, 2.45) is 5.73 Å². The van der Waals surface area contributed by atoms with Gasteiger partial charge in [0.25, 0.3) is 0 Å². The van der Waals surface area contributed by atoms with Gasteiger partial charge in [-0.3, -0.25) is 0 Å². The van der Waals surface area contributed by atoms with Crippen LogP contribution in [0.15, 0.2) is 0 Å². The zero-order valence-corrected chi connectivity index (χ0v) is 11.3. The summed E-state index contributed by atoms with van der Waals surface area (Å²) in [4.78, 5) is 0. The minimum atomic E-state index is -0.674. The van der Waals surface area contributed by atoms with Crippen molar-refractivity contribution in [3.63, 3.8) is 0 Å². The summed E-state index contributed by atoms with van der Waals surface area (Å²) in [5.41, 5.74) is 5.11. The number of hydrogen-bond donors (Lipinski definition) is 1. The van der Waals surface area contributed by atoms with Gasteiger partial charge in [-0.1, -0.05) is 33.0 Å². The van der Waals surface area contributed by atoms with Crippen LogP contribution in [0.2, 0.25) is 19.1 Å². The Labute approximate surface area is 79.6 Å². The topological polar surface area (TPSA) is 35.2 Å². The van der Waals surface area contributed by atoms with E-state index >= 15 is 0 Å². The van der Waals surface area contributed by atoms with Gasteiger partial charge in [0.05, 0.1) is 7.59 Å². The monoisotopic (exact) mass is 205 g/mol. The fourth-order valence-electron chi connectivity index (χ4n) is 1.07. The van der Waals surface area contributed by atoms with Crippen molar-refractivity contribution in [3.8, 4) is 0 Å². The first-order valence-corrected chi connectivity index (χ1v) is 10.9. The molecule has 0 unspecified atom stereocenters. The third-order valence-corrected chi connectivity index (χ3v) is 8.63. The molecule has 0 amide bonds. The SMILES string of the molecule is CC(C)N.C[Si]1(C)CCCO[SiH2]1. The second-order valence-electron chi connectivity index (χ2n) is 4.56. The predicted octanol–water partition coefficient (Wildman–Crippen LogP) is 1.05. The lowest BCUT2D eigenvalue weighted by Crippen LogP contribution is -2.40. The van der Waals surface area contributed by atoms with E-state index in [1.165, 1.54) is 12.5 Å². The molecule has 0 aromatic carbocycles. The lowest BCUT2D eigenvalue weighted by atomic mass is 10.5. The van der Waals surface area contributed by atoms with Crippen LogP contribution in [-0.2, 0) is 4.43 Å². The summed E-state index contributed by atoms with van der Waals surface area (Å²) in [6.07, 6.45) is 1.34. The van der Waals surface area contributed by atoms with Crippen LogP contribution in [0.5, 0.6) is 0 Å². The summed E-state index contributed by atoms with van der Waals surface area (Å²) in [5, 5.41) is 0. The van der Waals surface area contributed by atoms with Crippen LogP contribution in [0.1, 0.15) is 20.3 Å². The molecule has 1 heterocycles. The van der Waals surface area contributed by atoms with E-state index < -0.39 is 7.59 Å². The molecule has 2 nitrogen and oxygen atoms in total. The Morgan fingerprint density at radius 2 is 1.92 bits per heavy atom. The first-order valence-electron chi connectivity index (χ1n) is 4.77. The van der Waals surface area contributed by atoms with Gasteiger partial charge in [-0.2, -0.15) is 0 Å². The second-order valence-corrected chi connectivity index (χ2v) is 16.7. The zero-order chi connectivity index (χ0) is 9.61. The first-order chi connectivity index (χ1) is 5.44. The molecule has 0 aromatic heterocycles. The Morgan fingerprint density at radius 1 is 1.42 bits per heavy atom. The third-order valence-electron chi connectivity index (χ3n) is 1.64. The summed E-state index contributed by atoms with van der Waals surface area (Å²) < 4.78 is 5.49. The van der Waals surface area contributed by atoms with Crippen LogP contribution in [0.25, 0.3) is 0 Å². The van der Waals surface area contributed by atoms with Crippen molar-refractivity contribution < 1.29 is 4.43 Å². The molecule has 1 aliphatic rings. The van der Waals surface area contributed by atoms with E-state index in [4.69, 9.17) is 10.2 Å². The number of nitrogens with two attached hydrogens (primary N) is 1. The molecule has 2 N–H and O–H groups in total. The van der Waals surface area contributed by atoms with E-state index in [0.717, 1.165) is 6.61 Å². The van der Waals surface area contributed by atoms with Crippen molar-refractivity contribution in [3.05, 3.63) is 0 Å². The molecule has 0 radical (unpaired) electrons. The number of rotatable bonds is 0. The molecule has 0 spiro atoms. The largest absolute Gasteiger partial charge is 0.427 e. The molecular formula is C8H23NOSi2. The van der Waals surface area contributed by atoms with Gasteiger partial charge in [-0.15, -0.1) is 0 Å². The van der Waals surface area contributed by atoms with Crippen LogP contribution < -0.4 is 5.73 Å². The van der Waals surface area contributed by atoms with E-state index in [1.54, 1.807) is 0 Å². The molecular weight excluding hydrogens is 182 g/mol. The standard InChI is InChI=1S/C5H14OSi2.C3H9N/c1-8(2)5-3-4-6-7-8;1-3(2)4/h3-5,7H2,1-2H3;3H,4H2,1-2H3. The Hall–Kier alpha value is 0.354. The molecule has 0 aliphatic carbocycles. The van der Waals surface area contributed by atoms with E-state index in [9.17, 15) is 0 Å². The van der Waals surface area contributed by atoms with E-state index in [2.05, 4.69) is 13.1 Å². The predicted molar refractivity (Wildman–Crippen MR) is 60.7 cm³/mol. The molecule has 0 aromatic rings. The average molecular weight is 205 g/mol. The maximum absolute atomic E-state index is 5.49. The van der Waals surface area contributed by atoms with Crippen LogP contribution in [0, 0.1) is 0 Å². The van der Waals surface area contributed by atoms with Gasteiger partial charge < -0.3 is 10.2 Å². The molecule has 1 saturated heterocycles. The smallest absolute Gasteiger partial charge is 0.150 e. The highest BCUT2D eigenvalue weighted by Gasteiger charge is 2.24. The maximum Gasteiger partial charge on any atom is 0.150 e. The minimum Gasteiger partial charge on any atom is -0.427 e. The Kier molecular flexibility index (Phi) is 6.08. The molecule has 1 aliphatic heterocycles. The van der Waals surface area contributed by atoms with Gasteiger partial charge in [0.2, 0.25) is 0 Å². The van der Waals surface area contributed by atoms with E-state index in [-0.39, 0.29) is 9.28 Å². The van der Waals surface area contributed by atoms with Gasteiger partial charge in [0, 0.05) is 6.61 Å². The molecule has 0 atom stereocenters. The fraction of sp³-hybridized carbons (Fsp3) is 1.00. The Morgan fingerprint density at radius 3 is 2.08 bits per heavy atom. The first kappa shape index (κ1) is 12.4. The van der Waals surface area contributed by atoms with E-state index in [1.807, 2.05) is 13.8 Å². The van der Waals surface area contributed by atoms with Crippen LogP contribution in [0.3, 0.4) is 0 Å². The van der Waals surface area contributed by atoms with E-state index in [0.29, 0.717) is 6.04 Å². The minimum absolute atomic E-state index is 0.0247. The molecule has 12 heavy (non-hydrogen) atoms. The van der Waals surface area contributed by atoms with Crippen molar-refractivity contribution in [2.75, 3.05) is 6.61 Å². The van der Waals surface area contributed by atoms with Gasteiger partial charge in [-0.05, 0) is 12.5 Å². The quantitative estimate of drug-likeness (QED) is 0.600. The van der Waals surface area contributed by atoms with Crippen molar-refractivity contribution in [1.29, 1.82) is 0 Å². The van der Waals surface area contributed by atoms with Gasteiger partial charge in [0.15, 0.2) is 9.28 Å². The van der Waals surface area contributed by atoms with Crippen LogP contribution in [-0.4, -0.2) is 29.5 Å². The third kappa shape index (κ3) is 8.45. The Balaban J connectivity index is 0.000000261. The maximum atomic E-state index is 5.49. The van der Waals surface area contributed by atoms with Crippen molar-refractivity contribution in [2.45, 2.75) is 45.4 Å². The fourth-order valence-corrected chi connectivity index (χ4v) is 6.49. The van der Waals surface area contributed by atoms with Crippen LogP contribution >= 0.6 is 0 Å². The highest BCUT2D eigenvalue weighted by atomic mass is 29.2. The molecule has 0 bridgehead atoms. The highest BCUT2D eigenvalue weighted by molar-refractivity contribution is 7.21. The van der Waals surface area contributed by atoms with Crippen LogP contribution in [0.4, 0.5) is 0 Å². The number of hydrogen-bond acceptors (Lipinski definition) is 2. The lowest BCUT2D eigenvalue weighted by Gasteiger charge is -2.25. The molecule has 0 saturated carbocycles. The summed E-state index contributed by atoms with van der Waals surface area (Å²) in [7, 11) is -0.698. The molecule has 1 rings (SSSR count). The van der Waals surface area contributed by atoms with Crippen molar-refractivity contribution >= 4 is 16.9 Å². The zero-order valence-electron chi connectivity index (χ0n) is 8.89. The summed E-state index contributed by atoms with van der Waals surface area (Å²) in [6, 6.07) is 1.86. The average Bonchev–Trinajstić information content (AvgIpc) is 1.85. The molecule has 1 fully saturated rings. The van der Waals surface area contributed by atoms with Crippen molar-refractivity contribution in [1.82, 2.24) is 0 Å². The summed E-state index contributed by atoms with van der Waals surface area (Å²) >= 11 is 0. The molecule has 4 heteroatoms.